The Morgan fingerprint density at radius 3 is 2.46 bits per heavy atom. The molecule has 0 saturated carbocycles. The first-order chi connectivity index (χ1) is 11.9. The lowest BCUT2D eigenvalue weighted by molar-refractivity contribution is -0.148. The van der Waals surface area contributed by atoms with Crippen molar-refractivity contribution in [3.8, 4) is 0 Å². The molecule has 2 N–H and O–H groups in total. The van der Waals surface area contributed by atoms with Gasteiger partial charge in [-0.3, -0.25) is 9.59 Å². The third-order valence-electron chi connectivity index (χ3n) is 3.62. The molecule has 8 heteroatoms. The molecule has 0 aromatic carbocycles. The van der Waals surface area contributed by atoms with Gasteiger partial charge < -0.3 is 10.6 Å². The fraction of sp³-hybridized carbons (Fsp3) is 0.444. The first-order valence-corrected chi connectivity index (χ1v) is 8.93. The summed E-state index contributed by atoms with van der Waals surface area (Å²) in [6.45, 7) is 6.46. The van der Waals surface area contributed by atoms with E-state index in [4.69, 9.17) is 0 Å². The van der Waals surface area contributed by atoms with Gasteiger partial charge in [0.05, 0.1) is 4.88 Å². The zero-order valence-corrected chi connectivity index (χ0v) is 15.7. The number of carbonyl (C=O) groups excluding carboxylic acids is 2. The molecule has 0 bridgehead atoms. The van der Waals surface area contributed by atoms with Gasteiger partial charge >= 0.3 is 5.92 Å². The van der Waals surface area contributed by atoms with Crippen LogP contribution in [0.25, 0.3) is 0 Å². The van der Waals surface area contributed by atoms with E-state index in [-0.39, 0.29) is 10.8 Å². The summed E-state index contributed by atoms with van der Waals surface area (Å²) >= 11 is 0.812. The van der Waals surface area contributed by atoms with Crippen molar-refractivity contribution in [2.45, 2.75) is 45.3 Å². The lowest BCUT2D eigenvalue weighted by atomic mass is 9.99. The molecule has 1 aliphatic carbocycles. The van der Waals surface area contributed by atoms with Crippen molar-refractivity contribution in [2.75, 3.05) is 0 Å². The fourth-order valence-electron chi connectivity index (χ4n) is 2.25. The third-order valence-corrected chi connectivity index (χ3v) is 4.55. The molecule has 1 heterocycles. The van der Waals surface area contributed by atoms with Gasteiger partial charge in [0.2, 0.25) is 0 Å². The van der Waals surface area contributed by atoms with Crippen molar-refractivity contribution >= 4 is 23.2 Å². The molecule has 0 spiro atoms. The van der Waals surface area contributed by atoms with Gasteiger partial charge in [0.15, 0.2) is 0 Å². The number of nitrogens with one attached hydrogen (secondary N) is 2. The van der Waals surface area contributed by atoms with Crippen LogP contribution in [-0.4, -0.2) is 23.5 Å². The molecule has 0 saturated heterocycles. The lowest BCUT2D eigenvalue weighted by Crippen LogP contribution is -2.47. The number of hydrogen-bond donors (Lipinski definition) is 2. The first-order valence-electron chi connectivity index (χ1n) is 8.05. The topological polar surface area (TPSA) is 58.2 Å². The summed E-state index contributed by atoms with van der Waals surface area (Å²) < 4.78 is 42.0. The predicted octanol–water partition coefficient (Wildman–Crippen LogP) is 3.91. The van der Waals surface area contributed by atoms with Crippen LogP contribution in [0.15, 0.2) is 35.4 Å². The number of hydrogen-bond acceptors (Lipinski definition) is 3. The summed E-state index contributed by atoms with van der Waals surface area (Å²) in [7, 11) is 0. The zero-order chi connectivity index (χ0) is 19.7. The summed E-state index contributed by atoms with van der Waals surface area (Å²) in [6, 6.07) is 0.997. The first kappa shape index (κ1) is 20.2. The average molecular weight is 386 g/mol. The van der Waals surface area contributed by atoms with E-state index in [1.165, 1.54) is 12.2 Å². The Labute approximate surface area is 154 Å². The molecule has 2 atom stereocenters. The highest BCUT2D eigenvalue weighted by atomic mass is 32.1. The molecule has 2 amide bonds. The van der Waals surface area contributed by atoms with Crippen molar-refractivity contribution in [1.29, 1.82) is 0 Å². The minimum Gasteiger partial charge on any atom is -0.346 e. The molecule has 0 fully saturated rings. The third kappa shape index (κ3) is 4.75. The summed E-state index contributed by atoms with van der Waals surface area (Å²) in [5, 5.41) is 5.87. The molecule has 4 nitrogen and oxygen atoms in total. The van der Waals surface area contributed by atoms with E-state index < -0.39 is 35.0 Å². The number of allylic oxidation sites excluding steroid dienone is 3. The second-order valence-electron chi connectivity index (χ2n) is 7.22. The van der Waals surface area contributed by atoms with Crippen molar-refractivity contribution in [1.82, 2.24) is 10.6 Å². The number of thiophene rings is 1. The average Bonchev–Trinajstić information content (AvgIpc) is 3.00. The Bertz CT molecular complexity index is 763. The van der Waals surface area contributed by atoms with Gasteiger partial charge in [-0.15, -0.1) is 11.3 Å². The van der Waals surface area contributed by atoms with Crippen molar-refractivity contribution in [2.24, 2.45) is 5.92 Å². The van der Waals surface area contributed by atoms with Crippen LogP contribution < -0.4 is 10.6 Å². The van der Waals surface area contributed by atoms with Crippen LogP contribution in [0.1, 0.15) is 42.9 Å². The highest BCUT2D eigenvalue weighted by Gasteiger charge is 2.43. The summed E-state index contributed by atoms with van der Waals surface area (Å²) in [5.41, 5.74) is -0.940. The fourth-order valence-corrected chi connectivity index (χ4v) is 3.07. The van der Waals surface area contributed by atoms with E-state index in [9.17, 15) is 22.8 Å². The number of halogens is 3. The molecule has 1 aromatic heterocycles. The predicted molar refractivity (Wildman–Crippen MR) is 94.9 cm³/mol. The zero-order valence-electron chi connectivity index (χ0n) is 14.9. The molecule has 142 valence electrons. The van der Waals surface area contributed by atoms with Crippen LogP contribution in [0.2, 0.25) is 0 Å². The van der Waals surface area contributed by atoms with Gasteiger partial charge in [-0.25, -0.2) is 4.39 Å². The minimum atomic E-state index is -3.75. The molecular formula is C18H21F3N2O2S. The monoisotopic (exact) mass is 386 g/mol. The van der Waals surface area contributed by atoms with Crippen LogP contribution in [0.4, 0.5) is 13.2 Å². The van der Waals surface area contributed by atoms with E-state index in [1.807, 2.05) is 0 Å². The molecule has 2 rings (SSSR count). The maximum Gasteiger partial charge on any atom is 0.350 e. The largest absolute Gasteiger partial charge is 0.350 e. The molecule has 1 aliphatic rings. The number of rotatable bonds is 4. The molecule has 1 aromatic rings. The van der Waals surface area contributed by atoms with E-state index in [0.717, 1.165) is 22.8 Å². The Hall–Kier alpha value is -2.09. The number of amides is 2. The summed E-state index contributed by atoms with van der Waals surface area (Å²) in [4.78, 5) is 24.1. The van der Waals surface area contributed by atoms with Gasteiger partial charge in [0.1, 0.15) is 6.17 Å². The molecule has 26 heavy (non-hydrogen) atoms. The lowest BCUT2D eigenvalue weighted by Gasteiger charge is -2.24. The Balaban J connectivity index is 2.11. The van der Waals surface area contributed by atoms with Crippen LogP contribution in [0.3, 0.4) is 0 Å². The highest BCUT2D eigenvalue weighted by molar-refractivity contribution is 7.12. The van der Waals surface area contributed by atoms with E-state index in [1.54, 1.807) is 33.8 Å². The molecule has 0 radical (unpaired) electrons. The minimum absolute atomic E-state index is 0.0348. The summed E-state index contributed by atoms with van der Waals surface area (Å²) in [6.07, 6.45) is 3.19. The molecule has 0 aliphatic heterocycles. The number of alkyl halides is 3. The Morgan fingerprint density at radius 2 is 1.88 bits per heavy atom. The van der Waals surface area contributed by atoms with Gasteiger partial charge in [-0.1, -0.05) is 13.0 Å². The van der Waals surface area contributed by atoms with E-state index in [2.05, 4.69) is 10.6 Å². The van der Waals surface area contributed by atoms with Gasteiger partial charge in [-0.05, 0) is 39.0 Å². The normalized spacial score (nSPS) is 20.5. The van der Waals surface area contributed by atoms with Crippen LogP contribution in [0.5, 0.6) is 0 Å². The molecule has 2 unspecified atom stereocenters. The van der Waals surface area contributed by atoms with E-state index in [0.29, 0.717) is 5.70 Å². The smallest absolute Gasteiger partial charge is 0.346 e. The SMILES string of the molecule is CC1C=C(NC(=O)c2cc(C(F)(F)C(=O)NC(C)(C)C)cs2)C=CC1F. The standard InChI is InChI=1S/C18H21F3N2O2S/c1-10-7-12(5-6-13(10)19)22-15(24)14-8-11(9-26-14)18(20,21)16(25)23-17(2,3)4/h5-10,13H,1-4H3,(H,22,24)(H,23,25). The molecular weight excluding hydrogens is 365 g/mol. The maximum absolute atomic E-state index is 14.3. The van der Waals surface area contributed by atoms with Gasteiger partial charge in [0.25, 0.3) is 11.8 Å². The van der Waals surface area contributed by atoms with Crippen LogP contribution in [0, 0.1) is 5.92 Å². The van der Waals surface area contributed by atoms with Gasteiger partial charge in [-0.2, -0.15) is 8.78 Å². The van der Waals surface area contributed by atoms with Gasteiger partial charge in [0, 0.05) is 28.1 Å². The quantitative estimate of drug-likeness (QED) is 0.824. The van der Waals surface area contributed by atoms with Crippen molar-refractivity contribution < 1.29 is 22.8 Å². The van der Waals surface area contributed by atoms with Crippen LogP contribution in [-0.2, 0) is 10.7 Å². The van der Waals surface area contributed by atoms with Crippen molar-refractivity contribution in [3.63, 3.8) is 0 Å². The summed E-state index contributed by atoms with van der Waals surface area (Å²) in [5.74, 6) is -6.15. The Morgan fingerprint density at radius 1 is 1.23 bits per heavy atom. The van der Waals surface area contributed by atoms with E-state index >= 15 is 0 Å². The van der Waals surface area contributed by atoms with Crippen LogP contribution >= 0.6 is 11.3 Å². The van der Waals surface area contributed by atoms with Crippen molar-refractivity contribution in [3.05, 3.63) is 45.8 Å². The Kier molecular flexibility index (Phi) is 5.65. The second-order valence-corrected chi connectivity index (χ2v) is 8.13. The highest BCUT2D eigenvalue weighted by Crippen LogP contribution is 2.32. The second kappa shape index (κ2) is 7.26. The maximum atomic E-state index is 14.3. The number of carbonyl (C=O) groups is 2.